The van der Waals surface area contributed by atoms with Crippen molar-refractivity contribution >= 4 is 5.91 Å². The molecule has 1 saturated heterocycles. The highest BCUT2D eigenvalue weighted by molar-refractivity contribution is 5.78. The van der Waals surface area contributed by atoms with Gasteiger partial charge in [0.1, 0.15) is 5.75 Å². The number of piperidine rings is 1. The Morgan fingerprint density at radius 3 is 2.61 bits per heavy atom. The summed E-state index contributed by atoms with van der Waals surface area (Å²) in [5.41, 5.74) is 1.12. The van der Waals surface area contributed by atoms with E-state index in [2.05, 4.69) is 10.6 Å². The number of hydrogen-bond donors (Lipinski definition) is 3. The van der Waals surface area contributed by atoms with E-state index < -0.39 is 0 Å². The summed E-state index contributed by atoms with van der Waals surface area (Å²) in [6.07, 6.45) is 2.67. The fourth-order valence-corrected chi connectivity index (χ4v) is 2.22. The van der Waals surface area contributed by atoms with Gasteiger partial charge in [-0.2, -0.15) is 0 Å². The van der Waals surface area contributed by atoms with Crippen LogP contribution in [0.25, 0.3) is 0 Å². The Hall–Kier alpha value is -1.55. The van der Waals surface area contributed by atoms with E-state index in [0.717, 1.165) is 37.9 Å². The van der Waals surface area contributed by atoms with Gasteiger partial charge in [-0.1, -0.05) is 12.1 Å². The van der Waals surface area contributed by atoms with Crippen LogP contribution in [0, 0.1) is 5.92 Å². The molecule has 1 amide bonds. The molecular weight excluding hydrogens is 228 g/mol. The molecule has 18 heavy (non-hydrogen) atoms. The van der Waals surface area contributed by atoms with E-state index in [0.29, 0.717) is 6.54 Å². The van der Waals surface area contributed by atoms with E-state index >= 15 is 0 Å². The summed E-state index contributed by atoms with van der Waals surface area (Å²) in [6.45, 7) is 2.54. The average Bonchev–Trinajstić information content (AvgIpc) is 2.42. The quantitative estimate of drug-likeness (QED) is 0.746. The van der Waals surface area contributed by atoms with E-state index in [-0.39, 0.29) is 17.6 Å². The van der Waals surface area contributed by atoms with Crippen molar-refractivity contribution in [1.82, 2.24) is 10.6 Å². The molecule has 1 heterocycles. The highest BCUT2D eigenvalue weighted by Gasteiger charge is 2.19. The van der Waals surface area contributed by atoms with Gasteiger partial charge in [-0.25, -0.2) is 0 Å². The Balaban J connectivity index is 1.71. The molecule has 0 saturated carbocycles. The first-order valence-electron chi connectivity index (χ1n) is 6.52. The van der Waals surface area contributed by atoms with Gasteiger partial charge >= 0.3 is 0 Å². The Bertz CT molecular complexity index is 383. The van der Waals surface area contributed by atoms with Crippen molar-refractivity contribution in [3.05, 3.63) is 29.8 Å². The zero-order chi connectivity index (χ0) is 12.8. The lowest BCUT2D eigenvalue weighted by Gasteiger charge is -2.21. The maximum atomic E-state index is 11.9. The number of rotatable bonds is 4. The molecule has 1 aliphatic rings. The van der Waals surface area contributed by atoms with Crippen molar-refractivity contribution in [2.75, 3.05) is 19.6 Å². The van der Waals surface area contributed by atoms with Crippen LogP contribution in [0.4, 0.5) is 0 Å². The lowest BCUT2D eigenvalue weighted by atomic mass is 9.97. The van der Waals surface area contributed by atoms with Crippen LogP contribution in [0.3, 0.4) is 0 Å². The third-order valence-electron chi connectivity index (χ3n) is 3.36. The summed E-state index contributed by atoms with van der Waals surface area (Å²) in [4.78, 5) is 11.9. The van der Waals surface area contributed by atoms with E-state index in [1.807, 2.05) is 12.1 Å². The molecule has 0 aromatic heterocycles. The molecule has 1 aliphatic heterocycles. The van der Waals surface area contributed by atoms with Crippen LogP contribution in [0.5, 0.6) is 5.75 Å². The van der Waals surface area contributed by atoms with Gasteiger partial charge in [-0.3, -0.25) is 4.79 Å². The second kappa shape index (κ2) is 6.40. The molecule has 0 unspecified atom stereocenters. The number of aromatic hydroxyl groups is 1. The van der Waals surface area contributed by atoms with Crippen LogP contribution < -0.4 is 10.6 Å². The Morgan fingerprint density at radius 2 is 1.94 bits per heavy atom. The molecule has 0 spiro atoms. The van der Waals surface area contributed by atoms with Crippen molar-refractivity contribution in [2.24, 2.45) is 5.92 Å². The fraction of sp³-hybridized carbons (Fsp3) is 0.500. The fourth-order valence-electron chi connectivity index (χ4n) is 2.22. The highest BCUT2D eigenvalue weighted by Crippen LogP contribution is 2.12. The van der Waals surface area contributed by atoms with Gasteiger partial charge < -0.3 is 15.7 Å². The minimum atomic E-state index is 0.172. The summed E-state index contributed by atoms with van der Waals surface area (Å²) in [5, 5.41) is 15.4. The van der Waals surface area contributed by atoms with Crippen molar-refractivity contribution in [1.29, 1.82) is 0 Å². The molecule has 1 fully saturated rings. The molecular formula is C14H20N2O2. The first kappa shape index (κ1) is 12.9. The van der Waals surface area contributed by atoms with Crippen LogP contribution in [-0.4, -0.2) is 30.6 Å². The predicted octanol–water partition coefficient (Wildman–Crippen LogP) is 1.05. The van der Waals surface area contributed by atoms with Gasteiger partial charge in [-0.15, -0.1) is 0 Å². The van der Waals surface area contributed by atoms with E-state index in [4.69, 9.17) is 5.11 Å². The largest absolute Gasteiger partial charge is 0.508 e. The third kappa shape index (κ3) is 3.74. The Kier molecular flexibility index (Phi) is 4.59. The molecule has 3 N–H and O–H groups in total. The second-order valence-corrected chi connectivity index (χ2v) is 4.73. The Morgan fingerprint density at radius 1 is 1.28 bits per heavy atom. The predicted molar refractivity (Wildman–Crippen MR) is 70.4 cm³/mol. The normalized spacial score (nSPS) is 16.4. The van der Waals surface area contributed by atoms with Gasteiger partial charge in [0, 0.05) is 12.5 Å². The van der Waals surface area contributed by atoms with Crippen molar-refractivity contribution < 1.29 is 9.90 Å². The molecule has 4 nitrogen and oxygen atoms in total. The zero-order valence-electron chi connectivity index (χ0n) is 10.5. The van der Waals surface area contributed by atoms with Crippen LogP contribution in [0.1, 0.15) is 18.4 Å². The average molecular weight is 248 g/mol. The number of benzene rings is 1. The first-order chi connectivity index (χ1) is 8.75. The van der Waals surface area contributed by atoms with Crippen molar-refractivity contribution in [3.8, 4) is 5.75 Å². The van der Waals surface area contributed by atoms with Crippen LogP contribution >= 0.6 is 0 Å². The molecule has 0 aliphatic carbocycles. The number of hydrogen-bond acceptors (Lipinski definition) is 3. The van der Waals surface area contributed by atoms with Gasteiger partial charge in [0.05, 0.1) is 0 Å². The molecule has 1 aromatic rings. The summed E-state index contributed by atoms with van der Waals surface area (Å²) >= 11 is 0. The van der Waals surface area contributed by atoms with Gasteiger partial charge in [-0.05, 0) is 50.0 Å². The molecule has 2 rings (SSSR count). The van der Waals surface area contributed by atoms with Gasteiger partial charge in [0.2, 0.25) is 5.91 Å². The Labute approximate surface area is 107 Å². The summed E-state index contributed by atoms with van der Waals surface area (Å²) in [6, 6.07) is 7.10. The second-order valence-electron chi connectivity index (χ2n) is 4.73. The van der Waals surface area contributed by atoms with Crippen LogP contribution in [0.2, 0.25) is 0 Å². The molecule has 4 heteroatoms. The van der Waals surface area contributed by atoms with Crippen LogP contribution in [-0.2, 0) is 11.2 Å². The minimum absolute atomic E-state index is 0.172. The smallest absolute Gasteiger partial charge is 0.223 e. The summed E-state index contributed by atoms with van der Waals surface area (Å²) in [5.74, 6) is 0.624. The lowest BCUT2D eigenvalue weighted by molar-refractivity contribution is -0.125. The van der Waals surface area contributed by atoms with Crippen molar-refractivity contribution in [3.63, 3.8) is 0 Å². The zero-order valence-corrected chi connectivity index (χ0v) is 10.5. The minimum Gasteiger partial charge on any atom is -0.508 e. The number of phenols is 1. The SMILES string of the molecule is O=C(NCCc1ccc(O)cc1)C1CCNCC1. The monoisotopic (exact) mass is 248 g/mol. The third-order valence-corrected chi connectivity index (χ3v) is 3.36. The van der Waals surface area contributed by atoms with Gasteiger partial charge in [0.25, 0.3) is 0 Å². The molecule has 0 radical (unpaired) electrons. The topological polar surface area (TPSA) is 61.4 Å². The number of carbonyl (C=O) groups is 1. The van der Waals surface area contributed by atoms with E-state index in [1.165, 1.54) is 0 Å². The van der Waals surface area contributed by atoms with E-state index in [9.17, 15) is 4.79 Å². The summed E-state index contributed by atoms with van der Waals surface area (Å²) in [7, 11) is 0. The molecule has 0 atom stereocenters. The summed E-state index contributed by atoms with van der Waals surface area (Å²) < 4.78 is 0. The lowest BCUT2D eigenvalue weighted by Crippen LogP contribution is -2.38. The first-order valence-corrected chi connectivity index (χ1v) is 6.52. The van der Waals surface area contributed by atoms with Crippen molar-refractivity contribution in [2.45, 2.75) is 19.3 Å². The molecule has 1 aromatic carbocycles. The number of amides is 1. The van der Waals surface area contributed by atoms with Crippen LogP contribution in [0.15, 0.2) is 24.3 Å². The number of carbonyl (C=O) groups excluding carboxylic acids is 1. The van der Waals surface area contributed by atoms with Gasteiger partial charge in [0.15, 0.2) is 0 Å². The number of nitrogens with one attached hydrogen (secondary N) is 2. The van der Waals surface area contributed by atoms with E-state index in [1.54, 1.807) is 12.1 Å². The molecule has 98 valence electrons. The number of phenolic OH excluding ortho intramolecular Hbond substituents is 1. The highest BCUT2D eigenvalue weighted by atomic mass is 16.3. The maximum absolute atomic E-state index is 11.9. The molecule has 0 bridgehead atoms. The standard InChI is InChI=1S/C14H20N2O2/c17-13-3-1-11(2-4-13)5-10-16-14(18)12-6-8-15-9-7-12/h1-4,12,15,17H,5-10H2,(H,16,18). The maximum Gasteiger partial charge on any atom is 0.223 e.